The Balaban J connectivity index is 2.58. The van der Waals surface area contributed by atoms with Crippen LogP contribution in [0.5, 0.6) is 0 Å². The molecule has 1 heterocycles. The standard InChI is InChI=1S/C6H11BN2/c1-5(2)6-3-8-9-4-7-6/h3,5,9H,4H2,1-2H3. The normalized spacial score (nSPS) is 16.6. The number of rotatable bonds is 1. The van der Waals surface area contributed by atoms with E-state index in [0.29, 0.717) is 5.92 Å². The number of hydrogen-bond donors (Lipinski definition) is 1. The molecule has 48 valence electrons. The van der Waals surface area contributed by atoms with Gasteiger partial charge in [0.2, 0.25) is 0 Å². The molecule has 1 N–H and O–H groups in total. The molecule has 0 radical (unpaired) electrons. The molecule has 0 bridgehead atoms. The van der Waals surface area contributed by atoms with Crippen LogP contribution in [0.2, 0.25) is 0 Å². The van der Waals surface area contributed by atoms with Gasteiger partial charge in [-0.25, -0.2) is 0 Å². The van der Waals surface area contributed by atoms with E-state index in [1.165, 1.54) is 5.46 Å². The molecule has 1 rings (SSSR count). The Hall–Kier alpha value is -0.595. The van der Waals surface area contributed by atoms with Gasteiger partial charge in [0.25, 0.3) is 0 Å². The Morgan fingerprint density at radius 3 is 2.89 bits per heavy atom. The summed E-state index contributed by atoms with van der Waals surface area (Å²) in [6.07, 6.45) is 2.76. The van der Waals surface area contributed by atoms with Gasteiger partial charge in [0.05, 0.1) is 0 Å². The predicted octanol–water partition coefficient (Wildman–Crippen LogP) is 0.0655. The van der Waals surface area contributed by atoms with E-state index in [1.54, 1.807) is 0 Å². The summed E-state index contributed by atoms with van der Waals surface area (Å²) in [5.74, 6) is 0.607. The van der Waals surface area contributed by atoms with Gasteiger partial charge >= 0.3 is 55.3 Å². The van der Waals surface area contributed by atoms with Crippen LogP contribution in [0.3, 0.4) is 0 Å². The van der Waals surface area contributed by atoms with Gasteiger partial charge in [-0.15, -0.1) is 0 Å². The molecular formula is C6H11BN2. The summed E-state index contributed by atoms with van der Waals surface area (Å²) in [6.45, 7) is 6.50. The summed E-state index contributed by atoms with van der Waals surface area (Å²) in [5, 5.41) is 3.94. The van der Waals surface area contributed by atoms with Crippen LogP contribution >= 0.6 is 0 Å². The maximum absolute atomic E-state index is 3.94. The van der Waals surface area contributed by atoms with Gasteiger partial charge in [-0.3, -0.25) is 0 Å². The minimum absolute atomic E-state index is 0.607. The van der Waals surface area contributed by atoms with Crippen molar-refractivity contribution in [2.24, 2.45) is 11.0 Å². The summed E-state index contributed by atoms with van der Waals surface area (Å²) < 4.78 is 0. The van der Waals surface area contributed by atoms with E-state index in [2.05, 4.69) is 31.3 Å². The molecule has 0 aliphatic carbocycles. The average Bonchev–Trinajstić information content (AvgIpc) is 1.90. The van der Waals surface area contributed by atoms with Crippen LogP contribution in [0.25, 0.3) is 0 Å². The van der Waals surface area contributed by atoms with Crippen molar-refractivity contribution in [2.75, 3.05) is 6.44 Å². The molecule has 0 unspecified atom stereocenters. The van der Waals surface area contributed by atoms with Gasteiger partial charge in [0.15, 0.2) is 0 Å². The van der Waals surface area contributed by atoms with Crippen LogP contribution in [-0.2, 0) is 0 Å². The fourth-order valence-corrected chi connectivity index (χ4v) is 0.774. The van der Waals surface area contributed by atoms with Crippen molar-refractivity contribution in [3.05, 3.63) is 0 Å². The minimum atomic E-state index is 0.607. The Morgan fingerprint density at radius 1 is 1.78 bits per heavy atom. The summed E-state index contributed by atoms with van der Waals surface area (Å²) in [4.78, 5) is 0. The third-order valence-corrected chi connectivity index (χ3v) is 1.40. The third kappa shape index (κ3) is 1.66. The van der Waals surface area contributed by atoms with Crippen molar-refractivity contribution < 1.29 is 0 Å². The van der Waals surface area contributed by atoms with Crippen LogP contribution in [0.1, 0.15) is 13.8 Å². The number of nitrogens with zero attached hydrogens (tertiary/aromatic N) is 1. The third-order valence-electron chi connectivity index (χ3n) is 1.40. The molecule has 9 heavy (non-hydrogen) atoms. The van der Waals surface area contributed by atoms with Gasteiger partial charge in [-0.1, -0.05) is 0 Å². The number of hydrazone groups is 1. The summed E-state index contributed by atoms with van der Waals surface area (Å²) in [7, 11) is 0. The zero-order chi connectivity index (χ0) is 6.69. The zero-order valence-corrected chi connectivity index (χ0v) is 5.89. The first-order valence-corrected chi connectivity index (χ1v) is 3.26. The SMILES string of the molecule is CC(C)C1=BCNN=C1. The summed E-state index contributed by atoms with van der Waals surface area (Å²) in [5.41, 5.74) is 4.19. The zero-order valence-electron chi connectivity index (χ0n) is 5.89. The molecule has 0 saturated carbocycles. The molecule has 3 heteroatoms. The van der Waals surface area contributed by atoms with Gasteiger partial charge in [-0.05, 0) is 0 Å². The quantitative estimate of drug-likeness (QED) is 0.489. The molecule has 1 aliphatic heterocycles. The van der Waals surface area contributed by atoms with Crippen molar-refractivity contribution in [2.45, 2.75) is 13.8 Å². The van der Waals surface area contributed by atoms with Crippen LogP contribution < -0.4 is 5.43 Å². The van der Waals surface area contributed by atoms with E-state index in [-0.39, 0.29) is 0 Å². The molecule has 0 saturated heterocycles. The first-order valence-electron chi connectivity index (χ1n) is 3.26. The van der Waals surface area contributed by atoms with E-state index in [4.69, 9.17) is 0 Å². The molecule has 0 aromatic heterocycles. The van der Waals surface area contributed by atoms with Gasteiger partial charge < -0.3 is 0 Å². The second kappa shape index (κ2) is 2.81. The van der Waals surface area contributed by atoms with Crippen molar-refractivity contribution in [3.8, 4) is 0 Å². The van der Waals surface area contributed by atoms with E-state index in [9.17, 15) is 0 Å². The molecule has 0 aromatic carbocycles. The van der Waals surface area contributed by atoms with Crippen LogP contribution in [-0.4, -0.2) is 25.0 Å². The molecule has 0 fully saturated rings. The van der Waals surface area contributed by atoms with Gasteiger partial charge in [0, 0.05) is 0 Å². The van der Waals surface area contributed by atoms with Gasteiger partial charge in [0.1, 0.15) is 0 Å². The van der Waals surface area contributed by atoms with Crippen molar-refractivity contribution in [1.82, 2.24) is 5.43 Å². The molecule has 2 nitrogen and oxygen atoms in total. The monoisotopic (exact) mass is 122 g/mol. The summed E-state index contributed by atoms with van der Waals surface area (Å²) in [6, 6.07) is 0. The Kier molecular flexibility index (Phi) is 2.03. The van der Waals surface area contributed by atoms with Crippen molar-refractivity contribution in [3.63, 3.8) is 0 Å². The Labute approximate surface area is 56.2 Å². The second-order valence-corrected chi connectivity index (χ2v) is 2.48. The summed E-state index contributed by atoms with van der Waals surface area (Å²) >= 11 is 0. The van der Waals surface area contributed by atoms with Crippen molar-refractivity contribution in [1.29, 1.82) is 0 Å². The van der Waals surface area contributed by atoms with Crippen LogP contribution in [0, 0.1) is 5.92 Å². The van der Waals surface area contributed by atoms with E-state index >= 15 is 0 Å². The van der Waals surface area contributed by atoms with Crippen LogP contribution in [0.15, 0.2) is 5.10 Å². The van der Waals surface area contributed by atoms with Crippen LogP contribution in [0.4, 0.5) is 0 Å². The number of nitrogens with one attached hydrogen (secondary N) is 1. The fraction of sp³-hybridized carbons (Fsp3) is 0.667. The van der Waals surface area contributed by atoms with E-state index < -0.39 is 0 Å². The second-order valence-electron chi connectivity index (χ2n) is 2.48. The molecule has 0 amide bonds. The topological polar surface area (TPSA) is 24.4 Å². The molecular weight excluding hydrogens is 111 g/mol. The Morgan fingerprint density at radius 2 is 2.56 bits per heavy atom. The molecule has 0 aromatic rings. The van der Waals surface area contributed by atoms with E-state index in [1.807, 2.05) is 6.21 Å². The average molecular weight is 122 g/mol. The maximum atomic E-state index is 3.94. The molecule has 1 aliphatic rings. The van der Waals surface area contributed by atoms with E-state index in [0.717, 1.165) is 6.44 Å². The first-order chi connectivity index (χ1) is 4.30. The first kappa shape index (κ1) is 6.52. The fourth-order valence-electron chi connectivity index (χ4n) is 0.774. The number of hydrogen-bond acceptors (Lipinski definition) is 2. The molecule has 0 spiro atoms. The predicted molar refractivity (Wildman–Crippen MR) is 42.1 cm³/mol. The molecule has 0 atom stereocenters. The van der Waals surface area contributed by atoms with Crippen molar-refractivity contribution >= 4 is 18.6 Å². The van der Waals surface area contributed by atoms with Gasteiger partial charge in [-0.2, -0.15) is 0 Å². The Bertz CT molecular complexity index is 149.